The summed E-state index contributed by atoms with van der Waals surface area (Å²) in [7, 11) is 1.73. The van der Waals surface area contributed by atoms with Gasteiger partial charge in [0.25, 0.3) is 5.91 Å². The van der Waals surface area contributed by atoms with Crippen LogP contribution in [0.1, 0.15) is 22.8 Å². The van der Waals surface area contributed by atoms with Gasteiger partial charge in [-0.05, 0) is 48.9 Å². The largest absolute Gasteiger partial charge is 0.494 e. The minimum atomic E-state index is -1.02. The number of benzene rings is 2. The zero-order valence-corrected chi connectivity index (χ0v) is 14.3. The number of carboxylic acid groups (broad SMARTS) is 1. The van der Waals surface area contributed by atoms with Crippen molar-refractivity contribution in [3.8, 4) is 11.5 Å². The first-order valence-electron chi connectivity index (χ1n) is 7.91. The van der Waals surface area contributed by atoms with Crippen LogP contribution in [0.25, 0.3) is 0 Å². The second-order valence-electron chi connectivity index (χ2n) is 5.44. The summed E-state index contributed by atoms with van der Waals surface area (Å²) >= 11 is 0. The molecule has 0 aromatic heterocycles. The van der Waals surface area contributed by atoms with Crippen molar-refractivity contribution in [3.63, 3.8) is 0 Å². The normalized spacial score (nSPS) is 10.2. The molecule has 2 aromatic carbocycles. The molecule has 0 aliphatic heterocycles. The molecule has 0 aliphatic rings. The molecule has 0 heterocycles. The van der Waals surface area contributed by atoms with Crippen molar-refractivity contribution in [1.82, 2.24) is 4.90 Å². The fourth-order valence-corrected chi connectivity index (χ4v) is 2.26. The molecule has 0 aliphatic carbocycles. The van der Waals surface area contributed by atoms with Crippen LogP contribution in [0.5, 0.6) is 11.5 Å². The molecular weight excluding hydrogens is 322 g/mol. The SMILES string of the molecule is CCOc1ccc(C(=O)N(C)Cc2ccc(OCC(=O)O)cc2)cc1. The van der Waals surface area contributed by atoms with Gasteiger partial charge >= 0.3 is 5.97 Å². The summed E-state index contributed by atoms with van der Waals surface area (Å²) in [5.41, 5.74) is 1.51. The van der Waals surface area contributed by atoms with Gasteiger partial charge in [-0.2, -0.15) is 0 Å². The highest BCUT2D eigenvalue weighted by atomic mass is 16.5. The molecule has 132 valence electrons. The van der Waals surface area contributed by atoms with Crippen LogP contribution in [0.2, 0.25) is 0 Å². The van der Waals surface area contributed by atoms with E-state index in [2.05, 4.69) is 0 Å². The average molecular weight is 343 g/mol. The Morgan fingerprint density at radius 1 is 0.960 bits per heavy atom. The summed E-state index contributed by atoms with van der Waals surface area (Å²) < 4.78 is 10.5. The fraction of sp³-hybridized carbons (Fsp3) is 0.263. The Hall–Kier alpha value is -3.02. The van der Waals surface area contributed by atoms with Gasteiger partial charge in [-0.15, -0.1) is 0 Å². The van der Waals surface area contributed by atoms with Gasteiger partial charge in [-0.3, -0.25) is 4.79 Å². The van der Waals surface area contributed by atoms with Crippen molar-refractivity contribution in [2.24, 2.45) is 0 Å². The molecule has 1 N–H and O–H groups in total. The van der Waals surface area contributed by atoms with Crippen LogP contribution in [-0.4, -0.2) is 42.1 Å². The van der Waals surface area contributed by atoms with Crippen LogP contribution in [-0.2, 0) is 11.3 Å². The third kappa shape index (κ3) is 5.53. The third-order valence-electron chi connectivity index (χ3n) is 3.46. The van der Waals surface area contributed by atoms with E-state index in [1.165, 1.54) is 0 Å². The number of amides is 1. The topological polar surface area (TPSA) is 76.1 Å². The number of aliphatic carboxylic acids is 1. The molecule has 0 spiro atoms. The number of nitrogens with zero attached hydrogens (tertiary/aromatic N) is 1. The number of hydrogen-bond acceptors (Lipinski definition) is 4. The standard InChI is InChI=1S/C19H21NO5/c1-3-24-16-10-6-15(7-11-16)19(23)20(2)12-14-4-8-17(9-5-14)25-13-18(21)22/h4-11H,3,12-13H2,1-2H3,(H,21,22). The average Bonchev–Trinajstić information content (AvgIpc) is 2.61. The van der Waals surface area contributed by atoms with E-state index in [1.54, 1.807) is 60.5 Å². The summed E-state index contributed by atoms with van der Waals surface area (Å²) in [5, 5.41) is 8.59. The Morgan fingerprint density at radius 2 is 1.52 bits per heavy atom. The number of carbonyl (C=O) groups excluding carboxylic acids is 1. The van der Waals surface area contributed by atoms with Crippen LogP contribution >= 0.6 is 0 Å². The molecular formula is C19H21NO5. The van der Waals surface area contributed by atoms with Crippen LogP contribution in [0.4, 0.5) is 0 Å². The first kappa shape index (κ1) is 18.3. The molecule has 0 radical (unpaired) electrons. The number of carboxylic acids is 1. The monoisotopic (exact) mass is 343 g/mol. The first-order valence-corrected chi connectivity index (χ1v) is 7.91. The minimum Gasteiger partial charge on any atom is -0.494 e. The zero-order valence-electron chi connectivity index (χ0n) is 14.3. The first-order chi connectivity index (χ1) is 12.0. The number of hydrogen-bond donors (Lipinski definition) is 1. The predicted molar refractivity (Wildman–Crippen MR) is 93.0 cm³/mol. The van der Waals surface area contributed by atoms with Gasteiger partial charge < -0.3 is 19.5 Å². The summed E-state index contributed by atoms with van der Waals surface area (Å²) in [6, 6.07) is 14.0. The highest BCUT2D eigenvalue weighted by Gasteiger charge is 2.12. The van der Waals surface area contributed by atoms with E-state index >= 15 is 0 Å². The van der Waals surface area contributed by atoms with Gasteiger partial charge in [0.15, 0.2) is 6.61 Å². The summed E-state index contributed by atoms with van der Waals surface area (Å²) in [6.07, 6.45) is 0. The Kier molecular flexibility index (Phi) is 6.39. The van der Waals surface area contributed by atoms with Crippen molar-refractivity contribution in [2.75, 3.05) is 20.3 Å². The Morgan fingerprint density at radius 3 is 2.08 bits per heavy atom. The lowest BCUT2D eigenvalue weighted by molar-refractivity contribution is -0.139. The molecule has 1 amide bonds. The smallest absolute Gasteiger partial charge is 0.341 e. The van der Waals surface area contributed by atoms with Crippen LogP contribution in [0.3, 0.4) is 0 Å². The highest BCUT2D eigenvalue weighted by molar-refractivity contribution is 5.94. The molecule has 0 unspecified atom stereocenters. The molecule has 6 heteroatoms. The van der Waals surface area contributed by atoms with Crippen molar-refractivity contribution < 1.29 is 24.2 Å². The third-order valence-corrected chi connectivity index (χ3v) is 3.46. The summed E-state index contributed by atoms with van der Waals surface area (Å²) in [5.74, 6) is 0.101. The minimum absolute atomic E-state index is 0.0887. The van der Waals surface area contributed by atoms with Gasteiger partial charge in [0.2, 0.25) is 0 Å². The quantitative estimate of drug-likeness (QED) is 0.798. The molecule has 0 saturated heterocycles. The maximum Gasteiger partial charge on any atom is 0.341 e. The lowest BCUT2D eigenvalue weighted by Crippen LogP contribution is -2.26. The highest BCUT2D eigenvalue weighted by Crippen LogP contribution is 2.16. The fourth-order valence-electron chi connectivity index (χ4n) is 2.26. The van der Waals surface area contributed by atoms with E-state index in [0.29, 0.717) is 24.5 Å². The predicted octanol–water partition coefficient (Wildman–Crippen LogP) is 2.82. The Labute approximate surface area is 146 Å². The Bertz CT molecular complexity index is 710. The van der Waals surface area contributed by atoms with Gasteiger partial charge in [0.1, 0.15) is 11.5 Å². The van der Waals surface area contributed by atoms with Gasteiger partial charge in [0, 0.05) is 19.2 Å². The van der Waals surface area contributed by atoms with Crippen molar-refractivity contribution in [1.29, 1.82) is 0 Å². The van der Waals surface area contributed by atoms with E-state index in [-0.39, 0.29) is 12.5 Å². The van der Waals surface area contributed by atoms with Crippen molar-refractivity contribution >= 4 is 11.9 Å². The number of carbonyl (C=O) groups is 2. The molecule has 2 aromatic rings. The van der Waals surface area contributed by atoms with Crippen molar-refractivity contribution in [2.45, 2.75) is 13.5 Å². The lowest BCUT2D eigenvalue weighted by atomic mass is 10.1. The van der Waals surface area contributed by atoms with Crippen LogP contribution < -0.4 is 9.47 Å². The molecule has 0 atom stereocenters. The summed E-state index contributed by atoms with van der Waals surface area (Å²) in [6.45, 7) is 2.55. The second kappa shape index (κ2) is 8.73. The molecule has 0 fully saturated rings. The van der Waals surface area contributed by atoms with Gasteiger partial charge in [-0.1, -0.05) is 12.1 Å². The number of ether oxygens (including phenoxy) is 2. The number of rotatable bonds is 8. The van der Waals surface area contributed by atoms with Crippen molar-refractivity contribution in [3.05, 3.63) is 59.7 Å². The lowest BCUT2D eigenvalue weighted by Gasteiger charge is -2.18. The van der Waals surface area contributed by atoms with E-state index in [0.717, 1.165) is 11.3 Å². The van der Waals surface area contributed by atoms with E-state index in [4.69, 9.17) is 14.6 Å². The Balaban J connectivity index is 1.94. The van der Waals surface area contributed by atoms with Gasteiger partial charge in [-0.25, -0.2) is 4.79 Å². The maximum absolute atomic E-state index is 12.5. The molecule has 6 nitrogen and oxygen atoms in total. The van der Waals surface area contributed by atoms with Gasteiger partial charge in [0.05, 0.1) is 6.61 Å². The molecule has 0 bridgehead atoms. The molecule has 2 rings (SSSR count). The molecule has 0 saturated carbocycles. The van der Waals surface area contributed by atoms with E-state index < -0.39 is 5.97 Å². The van der Waals surface area contributed by atoms with Crippen LogP contribution in [0.15, 0.2) is 48.5 Å². The second-order valence-corrected chi connectivity index (χ2v) is 5.44. The van der Waals surface area contributed by atoms with E-state index in [9.17, 15) is 9.59 Å². The summed E-state index contributed by atoms with van der Waals surface area (Å²) in [4.78, 5) is 24.5. The zero-order chi connectivity index (χ0) is 18.2. The van der Waals surface area contributed by atoms with Crippen LogP contribution in [0, 0.1) is 0 Å². The van der Waals surface area contributed by atoms with E-state index in [1.807, 2.05) is 6.92 Å². The molecule has 25 heavy (non-hydrogen) atoms. The maximum atomic E-state index is 12.5.